The third-order valence-corrected chi connectivity index (χ3v) is 4.73. The second kappa shape index (κ2) is 10.8. The normalized spacial score (nSPS) is 13.5. The average Bonchev–Trinajstić information content (AvgIpc) is 2.58. The topological polar surface area (TPSA) is 0 Å². The molecule has 1 aromatic rings. The Balaban J connectivity index is 2.85. The first kappa shape index (κ1) is 21.9. The molecule has 0 radical (unpaired) electrons. The van der Waals surface area contributed by atoms with Crippen LogP contribution in [0.2, 0.25) is 0 Å². The van der Waals surface area contributed by atoms with Gasteiger partial charge in [0, 0.05) is 0 Å². The van der Waals surface area contributed by atoms with Crippen molar-refractivity contribution in [3.8, 4) is 0 Å². The van der Waals surface area contributed by atoms with Crippen LogP contribution in [0.4, 0.5) is 4.39 Å². The lowest BCUT2D eigenvalue weighted by molar-refractivity contribution is 0.624. The molecule has 0 bridgehead atoms. The van der Waals surface area contributed by atoms with E-state index in [1.807, 2.05) is 13.0 Å². The Labute approximate surface area is 159 Å². The highest BCUT2D eigenvalue weighted by Gasteiger charge is 2.07. The molecule has 0 aliphatic rings. The van der Waals surface area contributed by atoms with Gasteiger partial charge in [-0.3, -0.25) is 0 Å². The summed E-state index contributed by atoms with van der Waals surface area (Å²) in [5, 5.41) is 0. The van der Waals surface area contributed by atoms with Gasteiger partial charge in [0.25, 0.3) is 0 Å². The maximum atomic E-state index is 13.3. The molecular weight excluding hydrogens is 319 g/mol. The maximum absolute atomic E-state index is 13.3. The number of aryl methyl sites for hydroxylation is 1. The zero-order valence-corrected chi connectivity index (χ0v) is 17.1. The highest BCUT2D eigenvalue weighted by Crippen LogP contribution is 2.25. The van der Waals surface area contributed by atoms with Gasteiger partial charge in [0.05, 0.1) is 0 Å². The van der Waals surface area contributed by atoms with Crippen LogP contribution in [0.15, 0.2) is 83.0 Å². The lowest BCUT2D eigenvalue weighted by Crippen LogP contribution is -1.95. The second-order valence-electron chi connectivity index (χ2n) is 7.03. The molecule has 0 aromatic heterocycles. The van der Waals surface area contributed by atoms with E-state index in [1.54, 1.807) is 12.1 Å². The molecule has 140 valence electrons. The largest absolute Gasteiger partial charge is 0.207 e. The van der Waals surface area contributed by atoms with Crippen molar-refractivity contribution in [1.82, 2.24) is 0 Å². The smallest absolute Gasteiger partial charge is 0.123 e. The third-order valence-electron chi connectivity index (χ3n) is 4.73. The van der Waals surface area contributed by atoms with Crippen LogP contribution in [0.3, 0.4) is 0 Å². The number of hydrogen-bond donors (Lipinski definition) is 0. The second-order valence-corrected chi connectivity index (χ2v) is 7.03. The van der Waals surface area contributed by atoms with E-state index in [2.05, 4.69) is 53.0 Å². The molecular formula is C25H33F. The standard InChI is InChI=1S/C25H33F/c1-8-11-19(4)22(7)21(6)16-25(18(2)3)20(5)12-9-13-23-14-10-15-24(26)17-23/h10-11,14-17H,2,5,8-9,12-13H2,1,3-4,6-7H3/b19-11+,22-21+,25-16-. The van der Waals surface area contributed by atoms with E-state index >= 15 is 0 Å². The van der Waals surface area contributed by atoms with Gasteiger partial charge in [-0.15, -0.1) is 0 Å². The van der Waals surface area contributed by atoms with Crippen LogP contribution >= 0.6 is 0 Å². The molecule has 1 heteroatoms. The summed E-state index contributed by atoms with van der Waals surface area (Å²) in [5.41, 5.74) is 8.16. The molecule has 0 heterocycles. The van der Waals surface area contributed by atoms with Gasteiger partial charge in [-0.1, -0.05) is 55.5 Å². The first-order valence-corrected chi connectivity index (χ1v) is 9.41. The summed E-state index contributed by atoms with van der Waals surface area (Å²) in [6.07, 6.45) is 8.18. The summed E-state index contributed by atoms with van der Waals surface area (Å²) in [4.78, 5) is 0. The molecule has 0 atom stereocenters. The third kappa shape index (κ3) is 7.00. The number of halogens is 1. The summed E-state index contributed by atoms with van der Waals surface area (Å²) in [5.74, 6) is -0.171. The van der Waals surface area contributed by atoms with Gasteiger partial charge in [-0.05, 0) is 93.4 Å². The zero-order chi connectivity index (χ0) is 19.7. The van der Waals surface area contributed by atoms with Crippen molar-refractivity contribution in [2.45, 2.75) is 60.3 Å². The van der Waals surface area contributed by atoms with Crippen LogP contribution in [0, 0.1) is 5.82 Å². The van der Waals surface area contributed by atoms with Crippen molar-refractivity contribution in [3.63, 3.8) is 0 Å². The molecule has 0 amide bonds. The molecule has 0 aliphatic heterocycles. The highest BCUT2D eigenvalue weighted by molar-refractivity contribution is 5.49. The van der Waals surface area contributed by atoms with E-state index in [0.717, 1.165) is 48.0 Å². The molecule has 26 heavy (non-hydrogen) atoms. The van der Waals surface area contributed by atoms with E-state index in [0.29, 0.717) is 0 Å². The Kier molecular flexibility index (Phi) is 9.05. The van der Waals surface area contributed by atoms with E-state index in [9.17, 15) is 4.39 Å². The van der Waals surface area contributed by atoms with Gasteiger partial charge < -0.3 is 0 Å². The molecule has 0 unspecified atom stereocenters. The first-order valence-electron chi connectivity index (χ1n) is 9.41. The zero-order valence-electron chi connectivity index (χ0n) is 17.1. The number of allylic oxidation sites excluding steroid dienone is 8. The van der Waals surface area contributed by atoms with Crippen LogP contribution in [-0.4, -0.2) is 0 Å². The van der Waals surface area contributed by atoms with Crippen LogP contribution in [0.5, 0.6) is 0 Å². The van der Waals surface area contributed by atoms with Crippen LogP contribution in [0.1, 0.15) is 59.4 Å². The Morgan fingerprint density at radius 3 is 2.38 bits per heavy atom. The molecule has 0 aliphatic carbocycles. The summed E-state index contributed by atoms with van der Waals surface area (Å²) >= 11 is 0. The fourth-order valence-corrected chi connectivity index (χ4v) is 2.96. The predicted octanol–water partition coefficient (Wildman–Crippen LogP) is 7.90. The summed E-state index contributed by atoms with van der Waals surface area (Å²) in [7, 11) is 0. The molecule has 0 saturated heterocycles. The summed E-state index contributed by atoms with van der Waals surface area (Å²) in [6, 6.07) is 6.83. The minimum absolute atomic E-state index is 0.171. The molecule has 0 N–H and O–H groups in total. The molecule has 0 nitrogen and oxygen atoms in total. The van der Waals surface area contributed by atoms with Crippen molar-refractivity contribution >= 4 is 0 Å². The van der Waals surface area contributed by atoms with Gasteiger partial charge in [0.2, 0.25) is 0 Å². The van der Waals surface area contributed by atoms with Gasteiger partial charge in [-0.25, -0.2) is 4.39 Å². The Bertz CT molecular complexity index is 741. The van der Waals surface area contributed by atoms with Gasteiger partial charge >= 0.3 is 0 Å². The van der Waals surface area contributed by atoms with Crippen molar-refractivity contribution < 1.29 is 4.39 Å². The lowest BCUT2D eigenvalue weighted by Gasteiger charge is -2.13. The first-order chi connectivity index (χ1) is 12.3. The monoisotopic (exact) mass is 352 g/mol. The van der Waals surface area contributed by atoms with Crippen LogP contribution < -0.4 is 0 Å². The number of benzene rings is 1. The fraction of sp³-hybridized carbons (Fsp3) is 0.360. The average molecular weight is 353 g/mol. The minimum atomic E-state index is -0.171. The molecule has 0 spiro atoms. The summed E-state index contributed by atoms with van der Waals surface area (Å²) < 4.78 is 13.3. The van der Waals surface area contributed by atoms with Gasteiger partial charge in [-0.2, -0.15) is 0 Å². The number of hydrogen-bond acceptors (Lipinski definition) is 0. The van der Waals surface area contributed by atoms with Crippen molar-refractivity contribution in [2.24, 2.45) is 0 Å². The fourth-order valence-electron chi connectivity index (χ4n) is 2.96. The van der Waals surface area contributed by atoms with E-state index in [1.165, 1.54) is 22.8 Å². The highest BCUT2D eigenvalue weighted by atomic mass is 19.1. The molecule has 1 rings (SSSR count). The van der Waals surface area contributed by atoms with Gasteiger partial charge in [0.15, 0.2) is 0 Å². The Hall–Kier alpha value is -2.15. The number of rotatable bonds is 9. The van der Waals surface area contributed by atoms with Crippen molar-refractivity contribution in [1.29, 1.82) is 0 Å². The summed E-state index contributed by atoms with van der Waals surface area (Å²) in [6.45, 7) is 19.1. The van der Waals surface area contributed by atoms with E-state index in [4.69, 9.17) is 0 Å². The SMILES string of the molecule is C=C(C)/C(=C/C(C)=C(C)/C(C)=C/CC)C(=C)CCCc1cccc(F)c1. The van der Waals surface area contributed by atoms with E-state index < -0.39 is 0 Å². The van der Waals surface area contributed by atoms with Crippen molar-refractivity contribution in [3.05, 3.63) is 94.4 Å². The predicted molar refractivity (Wildman–Crippen MR) is 114 cm³/mol. The lowest BCUT2D eigenvalue weighted by atomic mass is 9.92. The Morgan fingerprint density at radius 2 is 1.81 bits per heavy atom. The molecule has 0 saturated carbocycles. The molecule has 1 aromatic carbocycles. The van der Waals surface area contributed by atoms with Crippen LogP contribution in [-0.2, 0) is 6.42 Å². The van der Waals surface area contributed by atoms with E-state index in [-0.39, 0.29) is 5.82 Å². The van der Waals surface area contributed by atoms with Crippen molar-refractivity contribution in [2.75, 3.05) is 0 Å². The minimum Gasteiger partial charge on any atom is -0.207 e. The Morgan fingerprint density at radius 1 is 1.12 bits per heavy atom. The van der Waals surface area contributed by atoms with Crippen LogP contribution in [0.25, 0.3) is 0 Å². The molecule has 0 fully saturated rings. The maximum Gasteiger partial charge on any atom is 0.123 e. The van der Waals surface area contributed by atoms with Gasteiger partial charge in [0.1, 0.15) is 5.82 Å². The quantitative estimate of drug-likeness (QED) is 0.396.